The molecule has 7 heteroatoms. The van der Waals surface area contributed by atoms with Crippen molar-refractivity contribution < 1.29 is 19.5 Å². The summed E-state index contributed by atoms with van der Waals surface area (Å²) < 4.78 is 0. The van der Waals surface area contributed by atoms with Gasteiger partial charge >= 0.3 is 0 Å². The molecule has 21 heavy (non-hydrogen) atoms. The third-order valence-corrected chi connectivity index (χ3v) is 3.71. The summed E-state index contributed by atoms with van der Waals surface area (Å²) in [7, 11) is 0. The van der Waals surface area contributed by atoms with Gasteiger partial charge in [0.15, 0.2) is 17.3 Å². The Labute approximate surface area is 117 Å². The van der Waals surface area contributed by atoms with E-state index in [9.17, 15) is 19.5 Å². The summed E-state index contributed by atoms with van der Waals surface area (Å²) in [6.07, 6.45) is -1.43. The molecule has 0 saturated heterocycles. The van der Waals surface area contributed by atoms with Crippen molar-refractivity contribution in [2.75, 3.05) is 0 Å². The summed E-state index contributed by atoms with van der Waals surface area (Å²) in [5, 5.41) is 19.8. The van der Waals surface area contributed by atoms with E-state index in [1.165, 1.54) is 12.1 Å². The van der Waals surface area contributed by atoms with Crippen molar-refractivity contribution in [3.8, 4) is 0 Å². The zero-order valence-corrected chi connectivity index (χ0v) is 10.5. The fourth-order valence-electron chi connectivity index (χ4n) is 2.73. The Balaban J connectivity index is 2.03. The van der Waals surface area contributed by atoms with Crippen LogP contribution in [0.3, 0.4) is 0 Å². The molecule has 2 aliphatic carbocycles. The molecular weight excluding hydrogens is 274 g/mol. The topological polar surface area (TPSA) is 113 Å². The zero-order valence-electron chi connectivity index (χ0n) is 10.5. The number of carbonyl (C=O) groups is 3. The molecule has 0 bridgehead atoms. The molecule has 0 spiro atoms. The molecule has 7 nitrogen and oxygen atoms in total. The van der Waals surface area contributed by atoms with Crippen LogP contribution < -0.4 is 0 Å². The lowest BCUT2D eigenvalue weighted by molar-refractivity contribution is 0.0876. The van der Waals surface area contributed by atoms with Gasteiger partial charge in [-0.05, 0) is 0 Å². The van der Waals surface area contributed by atoms with Crippen molar-refractivity contribution in [3.63, 3.8) is 0 Å². The average Bonchev–Trinajstić information content (AvgIpc) is 2.98. The number of aliphatic hydroxyl groups excluding tert-OH is 1. The number of hydrogen-bond acceptors (Lipinski definition) is 6. The predicted molar refractivity (Wildman–Crippen MR) is 67.8 cm³/mol. The number of aromatic amines is 1. The normalized spacial score (nSPS) is 20.2. The van der Waals surface area contributed by atoms with Crippen molar-refractivity contribution in [1.29, 1.82) is 0 Å². The maximum atomic E-state index is 12.5. The highest BCUT2D eigenvalue weighted by Crippen LogP contribution is 2.39. The highest BCUT2D eigenvalue weighted by Gasteiger charge is 2.45. The second kappa shape index (κ2) is 3.80. The van der Waals surface area contributed by atoms with Crippen LogP contribution in [0.5, 0.6) is 0 Å². The Hall–Kier alpha value is -2.93. The molecule has 1 unspecified atom stereocenters. The molecule has 1 aromatic heterocycles. The molecule has 4 rings (SSSR count). The van der Waals surface area contributed by atoms with E-state index in [0.717, 1.165) is 0 Å². The molecule has 2 N–H and O–H groups in total. The first kappa shape index (κ1) is 11.9. The highest BCUT2D eigenvalue weighted by atomic mass is 16.3. The molecule has 1 heterocycles. The minimum absolute atomic E-state index is 0.0284. The van der Waals surface area contributed by atoms with E-state index < -0.39 is 23.5 Å². The van der Waals surface area contributed by atoms with Crippen molar-refractivity contribution in [3.05, 3.63) is 57.9 Å². The third kappa shape index (κ3) is 1.33. The Morgan fingerprint density at radius 3 is 2.33 bits per heavy atom. The van der Waals surface area contributed by atoms with Gasteiger partial charge in [-0.1, -0.05) is 24.3 Å². The number of aromatic nitrogens is 3. The lowest BCUT2D eigenvalue weighted by Gasteiger charge is -2.25. The maximum Gasteiger partial charge on any atom is 0.219 e. The number of rotatable bonds is 0. The standard InChI is InChI=1S/C14H7N3O4/c18-11-5-3-1-2-4-6(5)12(19)8-7(11)13(20)9-10(14(8)21)16-17-15-9/h1-4,13,20H,(H,15,16,17). The van der Waals surface area contributed by atoms with E-state index >= 15 is 0 Å². The van der Waals surface area contributed by atoms with Gasteiger partial charge in [0.2, 0.25) is 5.78 Å². The number of fused-ring (bicyclic) bond motifs is 2. The first-order chi connectivity index (χ1) is 10.1. The second-order valence-electron chi connectivity index (χ2n) is 4.78. The van der Waals surface area contributed by atoms with Gasteiger partial charge in [0, 0.05) is 16.7 Å². The highest BCUT2D eigenvalue weighted by molar-refractivity contribution is 6.40. The second-order valence-corrected chi connectivity index (χ2v) is 4.78. The Morgan fingerprint density at radius 1 is 0.952 bits per heavy atom. The number of nitrogens with zero attached hydrogens (tertiary/aromatic N) is 2. The molecule has 0 aliphatic heterocycles. The van der Waals surface area contributed by atoms with Crippen LogP contribution in [0.15, 0.2) is 35.4 Å². The van der Waals surface area contributed by atoms with E-state index in [-0.39, 0.29) is 33.7 Å². The van der Waals surface area contributed by atoms with Crippen LogP contribution in [0.2, 0.25) is 0 Å². The monoisotopic (exact) mass is 281 g/mol. The quantitative estimate of drug-likeness (QED) is 0.676. The number of nitrogens with one attached hydrogen (secondary N) is 1. The summed E-state index contributed by atoms with van der Waals surface area (Å²) in [6.45, 7) is 0. The summed E-state index contributed by atoms with van der Waals surface area (Å²) in [4.78, 5) is 37.3. The average molecular weight is 281 g/mol. The molecular formula is C14H7N3O4. The number of H-pyrrole nitrogens is 1. The number of ketones is 3. The van der Waals surface area contributed by atoms with Gasteiger partial charge in [-0.2, -0.15) is 15.4 Å². The van der Waals surface area contributed by atoms with Gasteiger partial charge < -0.3 is 5.11 Å². The van der Waals surface area contributed by atoms with Crippen molar-refractivity contribution in [1.82, 2.24) is 15.4 Å². The molecule has 1 aromatic carbocycles. The van der Waals surface area contributed by atoms with Crippen molar-refractivity contribution >= 4 is 17.3 Å². The molecule has 0 amide bonds. The maximum absolute atomic E-state index is 12.5. The number of hydrogen-bond donors (Lipinski definition) is 2. The molecule has 0 saturated carbocycles. The zero-order chi connectivity index (χ0) is 14.7. The van der Waals surface area contributed by atoms with Gasteiger partial charge in [0.1, 0.15) is 11.8 Å². The number of Topliss-reactive ketones (excluding diaryl/α,β-unsaturated/α-hetero) is 3. The molecule has 2 aliphatic rings. The molecule has 0 fully saturated rings. The van der Waals surface area contributed by atoms with Crippen molar-refractivity contribution in [2.24, 2.45) is 0 Å². The van der Waals surface area contributed by atoms with Gasteiger partial charge in [0.05, 0.1) is 5.57 Å². The lowest BCUT2D eigenvalue weighted by atomic mass is 9.76. The molecule has 1 atom stereocenters. The summed E-state index contributed by atoms with van der Waals surface area (Å²) in [5.41, 5.74) is -0.340. The SMILES string of the molecule is O=C1C2=C(C(=O)c3ccccc31)C(O)c1n[nH]nc1C2=O. The summed E-state index contributed by atoms with van der Waals surface area (Å²) in [5.74, 6) is -1.79. The van der Waals surface area contributed by atoms with Crippen LogP contribution in [0.25, 0.3) is 0 Å². The number of aliphatic hydroxyl groups is 1. The third-order valence-electron chi connectivity index (χ3n) is 3.71. The minimum atomic E-state index is -1.43. The first-order valence-corrected chi connectivity index (χ1v) is 6.17. The smallest absolute Gasteiger partial charge is 0.219 e. The largest absolute Gasteiger partial charge is 0.382 e. The van der Waals surface area contributed by atoms with Crippen LogP contribution >= 0.6 is 0 Å². The number of allylic oxidation sites excluding steroid dienone is 1. The van der Waals surface area contributed by atoms with Crippen LogP contribution in [-0.2, 0) is 0 Å². The van der Waals surface area contributed by atoms with Gasteiger partial charge in [0.25, 0.3) is 0 Å². The van der Waals surface area contributed by atoms with Crippen LogP contribution in [-0.4, -0.2) is 37.9 Å². The van der Waals surface area contributed by atoms with Crippen LogP contribution in [0.4, 0.5) is 0 Å². The van der Waals surface area contributed by atoms with Crippen LogP contribution in [0, 0.1) is 0 Å². The van der Waals surface area contributed by atoms with E-state index in [4.69, 9.17) is 0 Å². The van der Waals surface area contributed by atoms with Crippen LogP contribution in [0.1, 0.15) is 43.0 Å². The Kier molecular flexibility index (Phi) is 2.14. The predicted octanol–water partition coefficient (Wildman–Crippen LogP) is 0.410. The van der Waals surface area contributed by atoms with Gasteiger partial charge in [-0.15, -0.1) is 0 Å². The fraction of sp³-hybridized carbons (Fsp3) is 0.0714. The minimum Gasteiger partial charge on any atom is -0.382 e. The van der Waals surface area contributed by atoms with E-state index in [2.05, 4.69) is 15.4 Å². The van der Waals surface area contributed by atoms with Crippen molar-refractivity contribution in [2.45, 2.75) is 6.10 Å². The molecule has 2 aromatic rings. The molecule has 0 radical (unpaired) electrons. The Morgan fingerprint density at radius 2 is 1.62 bits per heavy atom. The number of carbonyl (C=O) groups excluding carboxylic acids is 3. The van der Waals surface area contributed by atoms with Gasteiger partial charge in [-0.25, -0.2) is 0 Å². The van der Waals surface area contributed by atoms with E-state index in [0.29, 0.717) is 0 Å². The summed E-state index contributed by atoms with van der Waals surface area (Å²) in [6, 6.07) is 6.21. The van der Waals surface area contributed by atoms with E-state index in [1.807, 2.05) is 0 Å². The molecule has 102 valence electrons. The van der Waals surface area contributed by atoms with E-state index in [1.54, 1.807) is 12.1 Å². The van der Waals surface area contributed by atoms with Gasteiger partial charge in [-0.3, -0.25) is 14.4 Å². The lowest BCUT2D eigenvalue weighted by Crippen LogP contribution is -2.33. The first-order valence-electron chi connectivity index (χ1n) is 6.17. The Bertz CT molecular complexity index is 878. The number of benzene rings is 1. The summed E-state index contributed by atoms with van der Waals surface area (Å²) >= 11 is 0. The fourth-order valence-corrected chi connectivity index (χ4v) is 2.73.